The third-order valence-electron chi connectivity index (χ3n) is 4.41. The number of ether oxygens (including phenoxy) is 1. The molecule has 0 bridgehead atoms. The van der Waals surface area contributed by atoms with Gasteiger partial charge in [-0.15, -0.1) is 0 Å². The fourth-order valence-corrected chi connectivity index (χ4v) is 19.0. The van der Waals surface area contributed by atoms with Crippen molar-refractivity contribution in [2.45, 2.75) is 86.5 Å². The van der Waals surface area contributed by atoms with Crippen molar-refractivity contribution in [3.63, 3.8) is 0 Å². The molecule has 0 N–H and O–H groups in total. The zero-order valence-electron chi connectivity index (χ0n) is 15.5. The zero-order valence-corrected chi connectivity index (χ0v) is 18.3. The summed E-state index contributed by atoms with van der Waals surface area (Å²) in [5.41, 5.74) is 3.51. The van der Waals surface area contributed by atoms with Gasteiger partial charge in [-0.25, -0.2) is 0 Å². The van der Waals surface area contributed by atoms with Crippen LogP contribution in [0.2, 0.25) is 13.3 Å². The molecule has 0 radical (unpaired) electrons. The first-order valence-corrected chi connectivity index (χ1v) is 16.6. The minimum absolute atomic E-state index is 0.169. The minimum atomic E-state index is -2.47. The Bertz CT molecular complexity index is 346. The van der Waals surface area contributed by atoms with Gasteiger partial charge in [0.05, 0.1) is 0 Å². The van der Waals surface area contributed by atoms with Crippen molar-refractivity contribution in [3.8, 4) is 0 Å². The van der Waals surface area contributed by atoms with Crippen molar-refractivity contribution in [1.29, 1.82) is 0 Å². The van der Waals surface area contributed by atoms with Crippen LogP contribution in [0.1, 0.15) is 73.1 Å². The molecule has 0 saturated heterocycles. The van der Waals surface area contributed by atoms with E-state index < -0.39 is 18.4 Å². The molecule has 0 amide bonds. The van der Waals surface area contributed by atoms with Crippen LogP contribution in [0.5, 0.6) is 0 Å². The SMILES string of the molecule is CC=C=[C](COC(C)=O)[Sn]([CH2]CCC)([CH2]CCC)[CH2]CCC. The molecule has 0 heterocycles. The molecule has 128 valence electrons. The van der Waals surface area contributed by atoms with Gasteiger partial charge in [0.1, 0.15) is 0 Å². The number of unbranched alkanes of at least 4 members (excludes halogenated alkanes) is 3. The molecule has 0 aliphatic heterocycles. The first kappa shape index (κ1) is 21.8. The molecular weight excluding hydrogens is 379 g/mol. The van der Waals surface area contributed by atoms with Gasteiger partial charge in [-0.1, -0.05) is 0 Å². The van der Waals surface area contributed by atoms with Crippen molar-refractivity contribution >= 4 is 24.3 Å². The Kier molecular flexibility index (Phi) is 13.1. The Morgan fingerprint density at radius 2 is 1.45 bits per heavy atom. The summed E-state index contributed by atoms with van der Waals surface area (Å²) in [5, 5.41) is 0. The molecule has 0 spiro atoms. The zero-order chi connectivity index (χ0) is 16.8. The summed E-state index contributed by atoms with van der Waals surface area (Å²) in [6.07, 6.45) is 9.75. The van der Waals surface area contributed by atoms with E-state index in [2.05, 4.69) is 26.5 Å². The molecule has 0 aromatic heterocycles. The Morgan fingerprint density at radius 1 is 1.00 bits per heavy atom. The summed E-state index contributed by atoms with van der Waals surface area (Å²) in [7, 11) is 0. The molecule has 2 nitrogen and oxygen atoms in total. The van der Waals surface area contributed by atoms with Gasteiger partial charge >= 0.3 is 142 Å². The molecular formula is C19H36O2Sn. The van der Waals surface area contributed by atoms with Gasteiger partial charge in [0.25, 0.3) is 0 Å². The second kappa shape index (κ2) is 13.2. The molecule has 22 heavy (non-hydrogen) atoms. The number of carbonyl (C=O) groups is 1. The van der Waals surface area contributed by atoms with Crippen molar-refractivity contribution in [3.05, 3.63) is 15.4 Å². The Morgan fingerprint density at radius 3 is 1.77 bits per heavy atom. The van der Waals surface area contributed by atoms with E-state index in [1.165, 1.54) is 62.3 Å². The predicted molar refractivity (Wildman–Crippen MR) is 98.8 cm³/mol. The van der Waals surface area contributed by atoms with Crippen molar-refractivity contribution in [2.75, 3.05) is 6.61 Å². The molecule has 0 aromatic carbocycles. The van der Waals surface area contributed by atoms with E-state index >= 15 is 0 Å². The van der Waals surface area contributed by atoms with Crippen LogP contribution in [0, 0.1) is 0 Å². The first-order valence-electron chi connectivity index (χ1n) is 9.10. The second-order valence-corrected chi connectivity index (χ2v) is 19.6. The van der Waals surface area contributed by atoms with E-state index in [9.17, 15) is 4.79 Å². The summed E-state index contributed by atoms with van der Waals surface area (Å²) < 4.78 is 11.0. The van der Waals surface area contributed by atoms with Crippen LogP contribution in [0.25, 0.3) is 0 Å². The predicted octanol–water partition coefficient (Wildman–Crippen LogP) is 6.04. The summed E-state index contributed by atoms with van der Waals surface area (Å²) in [5.74, 6) is -0.169. The van der Waals surface area contributed by atoms with Crippen LogP contribution in [-0.4, -0.2) is 31.0 Å². The number of hydrogen-bond donors (Lipinski definition) is 0. The second-order valence-electron chi connectivity index (χ2n) is 6.28. The average molecular weight is 415 g/mol. The number of rotatable bonds is 12. The van der Waals surface area contributed by atoms with E-state index in [0.29, 0.717) is 6.61 Å². The molecule has 0 atom stereocenters. The van der Waals surface area contributed by atoms with E-state index in [1.54, 1.807) is 0 Å². The molecule has 0 fully saturated rings. The van der Waals surface area contributed by atoms with Gasteiger partial charge in [-0.2, -0.15) is 0 Å². The van der Waals surface area contributed by atoms with Crippen LogP contribution in [0.4, 0.5) is 0 Å². The van der Waals surface area contributed by atoms with Gasteiger partial charge in [0.15, 0.2) is 0 Å². The molecule has 0 rings (SSSR count). The van der Waals surface area contributed by atoms with Crippen LogP contribution in [-0.2, 0) is 9.53 Å². The third-order valence-corrected chi connectivity index (χ3v) is 20.1. The quantitative estimate of drug-likeness (QED) is 0.221. The van der Waals surface area contributed by atoms with E-state index in [1.807, 2.05) is 13.0 Å². The molecule has 0 saturated carbocycles. The van der Waals surface area contributed by atoms with Crippen molar-refractivity contribution in [2.24, 2.45) is 0 Å². The van der Waals surface area contributed by atoms with E-state index in [-0.39, 0.29) is 5.97 Å². The summed E-state index contributed by atoms with van der Waals surface area (Å²) in [6, 6.07) is 0. The summed E-state index contributed by atoms with van der Waals surface area (Å²) >= 11 is -2.47. The topological polar surface area (TPSA) is 26.3 Å². The van der Waals surface area contributed by atoms with Gasteiger partial charge in [0, 0.05) is 0 Å². The number of hydrogen-bond acceptors (Lipinski definition) is 2. The van der Waals surface area contributed by atoms with Gasteiger partial charge in [0.2, 0.25) is 0 Å². The summed E-state index contributed by atoms with van der Waals surface area (Å²) in [4.78, 5) is 11.3. The molecule has 0 unspecified atom stereocenters. The van der Waals surface area contributed by atoms with Gasteiger partial charge in [-0.3, -0.25) is 0 Å². The van der Waals surface area contributed by atoms with Crippen LogP contribution < -0.4 is 0 Å². The van der Waals surface area contributed by atoms with E-state index in [0.717, 1.165) is 0 Å². The van der Waals surface area contributed by atoms with Crippen molar-refractivity contribution in [1.82, 2.24) is 0 Å². The molecule has 0 aromatic rings. The van der Waals surface area contributed by atoms with Gasteiger partial charge in [-0.05, 0) is 0 Å². The fraction of sp³-hybridized carbons (Fsp3) is 0.789. The van der Waals surface area contributed by atoms with E-state index in [4.69, 9.17) is 4.74 Å². The molecule has 0 aliphatic carbocycles. The van der Waals surface area contributed by atoms with Crippen LogP contribution in [0.15, 0.2) is 15.4 Å². The first-order chi connectivity index (χ1) is 10.6. The maximum atomic E-state index is 11.3. The van der Waals surface area contributed by atoms with Crippen LogP contribution >= 0.6 is 0 Å². The third kappa shape index (κ3) is 8.43. The normalized spacial score (nSPS) is 11.0. The Labute approximate surface area is 142 Å². The molecule has 3 heteroatoms. The van der Waals surface area contributed by atoms with Crippen LogP contribution in [0.3, 0.4) is 0 Å². The Balaban J connectivity index is 5.46. The Hall–Kier alpha value is -0.211. The standard InChI is InChI=1S/C7H9O2.3C4H9.Sn/c1-3-4-5-6-9-7(2)8;3*1-3-4-2;/h3H,6H2,1-2H3;3*1,3-4H2,2H3;. The molecule has 0 aliphatic rings. The fourth-order valence-electron chi connectivity index (χ4n) is 3.07. The number of carbonyl (C=O) groups excluding carboxylic acids is 1. The average Bonchev–Trinajstić information content (AvgIpc) is 2.51. The summed E-state index contributed by atoms with van der Waals surface area (Å²) in [6.45, 7) is 10.9. The monoisotopic (exact) mass is 416 g/mol. The number of esters is 1. The maximum absolute atomic E-state index is 11.3. The van der Waals surface area contributed by atoms with Gasteiger partial charge < -0.3 is 0 Å². The van der Waals surface area contributed by atoms with Crippen molar-refractivity contribution < 1.29 is 9.53 Å².